The first-order valence-corrected chi connectivity index (χ1v) is 18.1. The van der Waals surface area contributed by atoms with Gasteiger partial charge in [-0.15, -0.1) is 0 Å². The molecule has 0 saturated heterocycles. The molecule has 0 aromatic carbocycles. The van der Waals surface area contributed by atoms with E-state index in [9.17, 15) is 9.59 Å². The number of rotatable bonds is 32. The van der Waals surface area contributed by atoms with Crippen molar-refractivity contribution < 1.29 is 14.3 Å². The van der Waals surface area contributed by atoms with Gasteiger partial charge < -0.3 is 21.1 Å². The van der Waals surface area contributed by atoms with E-state index in [2.05, 4.69) is 24.5 Å². The second kappa shape index (κ2) is 33.2. The highest BCUT2D eigenvalue weighted by molar-refractivity contribution is 5.85. The highest BCUT2D eigenvalue weighted by Gasteiger charge is 2.20. The van der Waals surface area contributed by atoms with Crippen LogP contribution in [0.3, 0.4) is 0 Å². The van der Waals surface area contributed by atoms with Crippen LogP contribution in [0.5, 0.6) is 0 Å². The molecule has 0 aliphatic heterocycles. The molecule has 2 amide bonds. The largest absolute Gasteiger partial charge is 0.450 e. The molecule has 0 unspecified atom stereocenters. The molecule has 0 fully saturated rings. The fourth-order valence-electron chi connectivity index (χ4n) is 5.35. The van der Waals surface area contributed by atoms with Crippen molar-refractivity contribution in [2.45, 2.75) is 193 Å². The maximum absolute atomic E-state index is 12.7. The number of unbranched alkanes of at least 4 members (excludes halogenated alkanes) is 23. The molecule has 0 aromatic heterocycles. The number of carbonyl (C=O) groups excluding carboxylic acids is 2. The predicted molar refractivity (Wildman–Crippen MR) is 176 cm³/mol. The zero-order valence-electron chi connectivity index (χ0n) is 27.6. The third-order valence-electron chi connectivity index (χ3n) is 8.12. The highest BCUT2D eigenvalue weighted by atomic mass is 16.5. The lowest BCUT2D eigenvalue weighted by molar-refractivity contribution is -0.123. The van der Waals surface area contributed by atoms with Crippen LogP contribution in [0.15, 0.2) is 0 Å². The monoisotopic (exact) mass is 582 g/mol. The van der Waals surface area contributed by atoms with Gasteiger partial charge in [-0.25, -0.2) is 4.79 Å². The quantitative estimate of drug-likeness (QED) is 0.0689. The molecular weight excluding hydrogens is 510 g/mol. The van der Waals surface area contributed by atoms with Gasteiger partial charge in [-0.1, -0.05) is 155 Å². The van der Waals surface area contributed by atoms with Gasteiger partial charge in [0.25, 0.3) is 0 Å². The average molecular weight is 582 g/mol. The maximum atomic E-state index is 12.7. The predicted octanol–water partition coefficient (Wildman–Crippen LogP) is 9.73. The van der Waals surface area contributed by atoms with Crippen molar-refractivity contribution in [1.82, 2.24) is 10.6 Å². The van der Waals surface area contributed by atoms with Crippen LogP contribution in [-0.2, 0) is 9.53 Å². The zero-order chi connectivity index (χ0) is 30.1. The van der Waals surface area contributed by atoms with Gasteiger partial charge in [0.15, 0.2) is 0 Å². The third-order valence-corrected chi connectivity index (χ3v) is 8.12. The first-order valence-electron chi connectivity index (χ1n) is 18.1. The van der Waals surface area contributed by atoms with Crippen LogP contribution in [0.2, 0.25) is 0 Å². The normalized spacial score (nSPS) is 11.9. The van der Waals surface area contributed by atoms with Crippen molar-refractivity contribution in [3.05, 3.63) is 0 Å². The summed E-state index contributed by atoms with van der Waals surface area (Å²) in [4.78, 5) is 25.1. The molecule has 41 heavy (non-hydrogen) atoms. The topological polar surface area (TPSA) is 93.4 Å². The summed E-state index contributed by atoms with van der Waals surface area (Å²) in [6.07, 6.45) is 32.7. The zero-order valence-corrected chi connectivity index (χ0v) is 27.6. The number of nitrogens with two attached hydrogens (primary N) is 1. The van der Waals surface area contributed by atoms with Crippen molar-refractivity contribution in [2.75, 3.05) is 19.7 Å². The highest BCUT2D eigenvalue weighted by Crippen LogP contribution is 2.13. The molecule has 0 heterocycles. The van der Waals surface area contributed by atoms with Gasteiger partial charge in [0.05, 0.1) is 6.61 Å². The molecule has 244 valence electrons. The van der Waals surface area contributed by atoms with Gasteiger partial charge in [-0.2, -0.15) is 0 Å². The van der Waals surface area contributed by atoms with E-state index in [0.29, 0.717) is 26.1 Å². The summed E-state index contributed by atoms with van der Waals surface area (Å²) >= 11 is 0. The Bertz CT molecular complexity index is 559. The smallest absolute Gasteiger partial charge is 0.407 e. The lowest BCUT2D eigenvalue weighted by Crippen LogP contribution is -2.47. The molecule has 0 saturated carbocycles. The number of alkyl carbamates (subject to hydrolysis) is 1. The summed E-state index contributed by atoms with van der Waals surface area (Å²) in [5.41, 5.74) is 5.63. The molecule has 6 nitrogen and oxygen atoms in total. The Balaban J connectivity index is 3.83. The molecule has 0 rings (SSSR count). The van der Waals surface area contributed by atoms with Crippen LogP contribution in [0.25, 0.3) is 0 Å². The summed E-state index contributed by atoms with van der Waals surface area (Å²) in [5, 5.41) is 5.82. The van der Waals surface area contributed by atoms with E-state index < -0.39 is 12.1 Å². The van der Waals surface area contributed by atoms with E-state index in [1.54, 1.807) is 0 Å². The average Bonchev–Trinajstić information content (AvgIpc) is 2.97. The second-order valence-corrected chi connectivity index (χ2v) is 12.2. The Morgan fingerprint density at radius 3 is 1.41 bits per heavy atom. The molecule has 0 bridgehead atoms. The number of nitrogens with one attached hydrogen (secondary N) is 2. The summed E-state index contributed by atoms with van der Waals surface area (Å²) < 4.78 is 5.39. The Hall–Kier alpha value is -1.30. The number of amides is 2. The van der Waals surface area contributed by atoms with Crippen LogP contribution in [-0.4, -0.2) is 37.7 Å². The van der Waals surface area contributed by atoms with E-state index in [4.69, 9.17) is 10.5 Å². The fraction of sp³-hybridized carbons (Fsp3) is 0.943. The van der Waals surface area contributed by atoms with E-state index in [1.165, 1.54) is 128 Å². The molecule has 0 spiro atoms. The van der Waals surface area contributed by atoms with Gasteiger partial charge in [0.2, 0.25) is 5.91 Å². The lowest BCUT2D eigenvalue weighted by atomic mass is 10.0. The Morgan fingerprint density at radius 1 is 0.561 bits per heavy atom. The summed E-state index contributed by atoms with van der Waals surface area (Å²) in [7, 11) is 0. The third kappa shape index (κ3) is 30.0. The molecule has 1 atom stereocenters. The SMILES string of the molecule is CCCCCCCCCCCCCCCCOC(=O)N[C@@H](CCCCN)C(=O)NCCCCCCCCCCCC. The van der Waals surface area contributed by atoms with Crippen molar-refractivity contribution >= 4 is 12.0 Å². The van der Waals surface area contributed by atoms with Crippen LogP contribution in [0, 0.1) is 0 Å². The molecule has 0 aliphatic carbocycles. The van der Waals surface area contributed by atoms with Crippen LogP contribution < -0.4 is 16.4 Å². The minimum atomic E-state index is -0.548. The minimum absolute atomic E-state index is 0.105. The molecule has 0 aromatic rings. The first kappa shape index (κ1) is 39.7. The summed E-state index contributed by atoms with van der Waals surface area (Å²) in [5.74, 6) is -0.105. The van der Waals surface area contributed by atoms with E-state index in [0.717, 1.165) is 38.5 Å². The van der Waals surface area contributed by atoms with Gasteiger partial charge in [-0.05, 0) is 38.6 Å². The van der Waals surface area contributed by atoms with Gasteiger partial charge in [-0.3, -0.25) is 4.79 Å². The summed E-state index contributed by atoms with van der Waals surface area (Å²) in [6, 6.07) is -0.548. The van der Waals surface area contributed by atoms with Crippen molar-refractivity contribution in [3.8, 4) is 0 Å². The van der Waals surface area contributed by atoms with Gasteiger partial charge in [0.1, 0.15) is 6.04 Å². The number of ether oxygens (including phenoxy) is 1. The maximum Gasteiger partial charge on any atom is 0.407 e. The van der Waals surface area contributed by atoms with Crippen molar-refractivity contribution in [1.29, 1.82) is 0 Å². The first-order chi connectivity index (χ1) is 20.2. The van der Waals surface area contributed by atoms with Crippen molar-refractivity contribution in [2.24, 2.45) is 5.73 Å². The number of carbonyl (C=O) groups is 2. The molecule has 4 N–H and O–H groups in total. The Labute approximate surface area is 255 Å². The lowest BCUT2D eigenvalue weighted by Gasteiger charge is -2.18. The molecule has 0 radical (unpaired) electrons. The minimum Gasteiger partial charge on any atom is -0.450 e. The van der Waals surface area contributed by atoms with E-state index in [1.807, 2.05) is 0 Å². The van der Waals surface area contributed by atoms with Crippen LogP contribution >= 0.6 is 0 Å². The van der Waals surface area contributed by atoms with Gasteiger partial charge >= 0.3 is 6.09 Å². The summed E-state index contributed by atoms with van der Waals surface area (Å²) in [6.45, 7) is 6.20. The number of hydrogen-bond donors (Lipinski definition) is 3. The van der Waals surface area contributed by atoms with Gasteiger partial charge in [0, 0.05) is 6.54 Å². The molecule has 6 heteroatoms. The Morgan fingerprint density at radius 2 is 0.976 bits per heavy atom. The van der Waals surface area contributed by atoms with Crippen molar-refractivity contribution in [3.63, 3.8) is 0 Å². The standard InChI is InChI=1S/C35H71N3O3/c1-3-5-7-9-11-13-15-16-17-18-20-22-24-28-32-41-35(40)38-33(29-25-26-30-36)34(39)37-31-27-23-21-19-14-12-10-8-6-4-2/h33H,3-32,36H2,1-2H3,(H,37,39)(H,38,40)/t33-/m0/s1. The van der Waals surface area contributed by atoms with E-state index >= 15 is 0 Å². The molecular formula is C35H71N3O3. The Kier molecular flexibility index (Phi) is 32.2. The fourth-order valence-corrected chi connectivity index (χ4v) is 5.35. The van der Waals surface area contributed by atoms with Crippen LogP contribution in [0.4, 0.5) is 4.79 Å². The second-order valence-electron chi connectivity index (χ2n) is 12.2. The van der Waals surface area contributed by atoms with E-state index in [-0.39, 0.29) is 5.91 Å². The van der Waals surface area contributed by atoms with Crippen LogP contribution in [0.1, 0.15) is 187 Å². The molecule has 0 aliphatic rings. The number of hydrogen-bond acceptors (Lipinski definition) is 4.